The molecule has 7 heteroatoms. The van der Waals surface area contributed by atoms with Gasteiger partial charge in [0.25, 0.3) is 0 Å². The molecule has 0 radical (unpaired) electrons. The lowest BCUT2D eigenvalue weighted by Gasteiger charge is -2.35. The lowest BCUT2D eigenvalue weighted by Crippen LogP contribution is -2.50. The molecule has 0 N–H and O–H groups in total. The number of ether oxygens (including phenoxy) is 2. The zero-order valence-electron chi connectivity index (χ0n) is 12.4. The molecule has 2 unspecified atom stereocenters. The quantitative estimate of drug-likeness (QED) is 0.793. The van der Waals surface area contributed by atoms with Gasteiger partial charge in [0, 0.05) is 18.5 Å². The number of rotatable bonds is 4. The molecule has 0 aliphatic carbocycles. The van der Waals surface area contributed by atoms with Crippen LogP contribution in [-0.4, -0.2) is 45.1 Å². The molecule has 1 aliphatic rings. The van der Waals surface area contributed by atoms with Crippen molar-refractivity contribution in [2.24, 2.45) is 0 Å². The van der Waals surface area contributed by atoms with Crippen molar-refractivity contribution in [3.8, 4) is 5.75 Å². The maximum Gasteiger partial charge on any atom is 0.247 e. The highest BCUT2D eigenvalue weighted by Crippen LogP contribution is 2.30. The van der Waals surface area contributed by atoms with E-state index < -0.39 is 10.0 Å². The second-order valence-corrected chi connectivity index (χ2v) is 7.31. The molecule has 1 saturated heterocycles. The number of morpholine rings is 1. The van der Waals surface area contributed by atoms with Gasteiger partial charge in [0.05, 0.1) is 19.8 Å². The fraction of sp³-hybridized carbons (Fsp3) is 0.571. The minimum Gasteiger partial charge on any atom is -0.495 e. The summed E-state index contributed by atoms with van der Waals surface area (Å²) in [6.07, 6.45) is -0.121. The van der Waals surface area contributed by atoms with E-state index in [1.807, 2.05) is 13.8 Å². The smallest absolute Gasteiger partial charge is 0.247 e. The zero-order chi connectivity index (χ0) is 15.6. The van der Waals surface area contributed by atoms with Gasteiger partial charge >= 0.3 is 0 Å². The van der Waals surface area contributed by atoms with Gasteiger partial charge in [-0.1, -0.05) is 6.07 Å². The fourth-order valence-electron chi connectivity index (χ4n) is 2.34. The number of methoxy groups -OCH3 is 1. The minimum atomic E-state index is -3.63. The van der Waals surface area contributed by atoms with E-state index in [1.165, 1.54) is 11.4 Å². The van der Waals surface area contributed by atoms with Gasteiger partial charge < -0.3 is 9.47 Å². The van der Waals surface area contributed by atoms with Crippen LogP contribution in [0.5, 0.6) is 5.75 Å². The van der Waals surface area contributed by atoms with Crippen molar-refractivity contribution in [2.75, 3.05) is 20.3 Å². The minimum absolute atomic E-state index is 0.121. The first kappa shape index (κ1) is 16.5. The van der Waals surface area contributed by atoms with Crippen LogP contribution in [0.2, 0.25) is 0 Å². The largest absolute Gasteiger partial charge is 0.495 e. The highest BCUT2D eigenvalue weighted by atomic mass is 35.5. The number of hydrogen-bond donors (Lipinski definition) is 0. The van der Waals surface area contributed by atoms with Crippen LogP contribution in [0.25, 0.3) is 0 Å². The molecule has 1 aromatic carbocycles. The third-order valence-electron chi connectivity index (χ3n) is 3.52. The van der Waals surface area contributed by atoms with Gasteiger partial charge in [0.2, 0.25) is 10.0 Å². The summed E-state index contributed by atoms with van der Waals surface area (Å²) in [6, 6.07) is 4.72. The highest BCUT2D eigenvalue weighted by molar-refractivity contribution is 7.89. The lowest BCUT2D eigenvalue weighted by molar-refractivity contribution is -0.0171. The summed E-state index contributed by atoms with van der Waals surface area (Å²) in [5.41, 5.74) is 0.816. The van der Waals surface area contributed by atoms with Gasteiger partial charge in [-0.3, -0.25) is 0 Å². The van der Waals surface area contributed by atoms with Crippen LogP contribution in [0, 0.1) is 0 Å². The Morgan fingerprint density at radius 2 is 2.14 bits per heavy atom. The molecule has 0 aromatic heterocycles. The molecule has 0 spiro atoms. The van der Waals surface area contributed by atoms with Crippen LogP contribution in [-0.2, 0) is 20.6 Å². The first-order valence-corrected chi connectivity index (χ1v) is 8.74. The summed E-state index contributed by atoms with van der Waals surface area (Å²) in [6.45, 7) is 4.43. The maximum absolute atomic E-state index is 12.9. The average Bonchev–Trinajstić information content (AvgIpc) is 2.48. The van der Waals surface area contributed by atoms with E-state index in [-0.39, 0.29) is 17.0 Å². The number of halogens is 1. The molecule has 0 bridgehead atoms. The first-order valence-electron chi connectivity index (χ1n) is 6.76. The Morgan fingerprint density at radius 3 is 2.76 bits per heavy atom. The predicted molar refractivity (Wildman–Crippen MR) is 81.3 cm³/mol. The van der Waals surface area contributed by atoms with Crippen LogP contribution in [0.3, 0.4) is 0 Å². The molecule has 0 amide bonds. The fourth-order valence-corrected chi connectivity index (χ4v) is 4.34. The first-order chi connectivity index (χ1) is 9.90. The van der Waals surface area contributed by atoms with E-state index in [4.69, 9.17) is 21.1 Å². The zero-order valence-corrected chi connectivity index (χ0v) is 13.9. The highest BCUT2D eigenvalue weighted by Gasteiger charge is 2.35. The molecular formula is C14H20ClNO4S. The predicted octanol–water partition coefficient (Wildman–Crippen LogP) is 2.23. The standard InChI is InChI=1S/C14H20ClNO4S/c1-10-9-20-11(2)8-16(10)21(17,18)14-5-4-12(7-15)6-13(14)19-3/h4-6,10-11H,7-9H2,1-3H3. The third-order valence-corrected chi connectivity index (χ3v) is 5.85. The summed E-state index contributed by atoms with van der Waals surface area (Å²) < 4.78 is 38.0. The van der Waals surface area contributed by atoms with E-state index >= 15 is 0 Å². The van der Waals surface area contributed by atoms with Gasteiger partial charge in [0.15, 0.2) is 0 Å². The van der Waals surface area contributed by atoms with E-state index in [0.717, 1.165) is 5.56 Å². The van der Waals surface area contributed by atoms with Crippen molar-refractivity contribution >= 4 is 21.6 Å². The van der Waals surface area contributed by atoms with Gasteiger partial charge in [-0.2, -0.15) is 4.31 Å². The normalized spacial score (nSPS) is 24.0. The van der Waals surface area contributed by atoms with Crippen molar-refractivity contribution < 1.29 is 17.9 Å². The van der Waals surface area contributed by atoms with E-state index in [9.17, 15) is 8.42 Å². The van der Waals surface area contributed by atoms with Crippen LogP contribution in [0.15, 0.2) is 23.1 Å². The molecule has 21 heavy (non-hydrogen) atoms. The number of benzene rings is 1. The molecule has 118 valence electrons. The van der Waals surface area contributed by atoms with E-state index in [0.29, 0.717) is 24.8 Å². The molecule has 1 fully saturated rings. The molecular weight excluding hydrogens is 314 g/mol. The molecule has 2 rings (SSSR count). The average molecular weight is 334 g/mol. The Kier molecular flexibility index (Phi) is 5.14. The molecule has 0 saturated carbocycles. The lowest BCUT2D eigenvalue weighted by atomic mass is 10.2. The van der Waals surface area contributed by atoms with Gasteiger partial charge in [-0.25, -0.2) is 8.42 Å². The molecule has 1 heterocycles. The van der Waals surface area contributed by atoms with Crippen molar-refractivity contribution in [3.63, 3.8) is 0 Å². The van der Waals surface area contributed by atoms with Crippen LogP contribution >= 0.6 is 11.6 Å². The summed E-state index contributed by atoms with van der Waals surface area (Å²) in [5.74, 6) is 0.626. The third kappa shape index (κ3) is 3.34. The maximum atomic E-state index is 12.9. The number of nitrogens with zero attached hydrogens (tertiary/aromatic N) is 1. The van der Waals surface area contributed by atoms with Gasteiger partial charge in [-0.05, 0) is 31.5 Å². The van der Waals surface area contributed by atoms with Gasteiger partial charge in [-0.15, -0.1) is 11.6 Å². The van der Waals surface area contributed by atoms with Crippen molar-refractivity contribution in [2.45, 2.75) is 36.8 Å². The molecule has 5 nitrogen and oxygen atoms in total. The second-order valence-electron chi connectivity index (χ2n) is 5.19. The van der Waals surface area contributed by atoms with Crippen molar-refractivity contribution in [3.05, 3.63) is 23.8 Å². The Morgan fingerprint density at radius 1 is 1.43 bits per heavy atom. The summed E-state index contributed by atoms with van der Waals surface area (Å²) in [5, 5.41) is 0. The molecule has 2 atom stereocenters. The van der Waals surface area contributed by atoms with Crippen molar-refractivity contribution in [1.29, 1.82) is 0 Å². The Hall–Kier alpha value is -0.820. The topological polar surface area (TPSA) is 55.8 Å². The van der Waals surface area contributed by atoms with E-state index in [1.54, 1.807) is 18.2 Å². The Labute approximate surface area is 130 Å². The van der Waals surface area contributed by atoms with Crippen LogP contribution < -0.4 is 4.74 Å². The Balaban J connectivity index is 2.43. The van der Waals surface area contributed by atoms with E-state index in [2.05, 4.69) is 0 Å². The number of alkyl halides is 1. The van der Waals surface area contributed by atoms with Gasteiger partial charge in [0.1, 0.15) is 10.6 Å². The van der Waals surface area contributed by atoms with Crippen LogP contribution in [0.4, 0.5) is 0 Å². The summed E-state index contributed by atoms with van der Waals surface area (Å²) in [7, 11) is -2.17. The monoisotopic (exact) mass is 333 g/mol. The summed E-state index contributed by atoms with van der Waals surface area (Å²) >= 11 is 5.78. The second kappa shape index (κ2) is 6.52. The van der Waals surface area contributed by atoms with Crippen LogP contribution in [0.1, 0.15) is 19.4 Å². The molecule has 1 aromatic rings. The van der Waals surface area contributed by atoms with Crippen molar-refractivity contribution in [1.82, 2.24) is 4.31 Å². The number of sulfonamides is 1. The number of hydrogen-bond acceptors (Lipinski definition) is 4. The Bertz CT molecular complexity index is 605. The molecule has 1 aliphatic heterocycles. The SMILES string of the molecule is COc1cc(CCl)ccc1S(=O)(=O)N1CC(C)OCC1C. The summed E-state index contributed by atoms with van der Waals surface area (Å²) in [4.78, 5) is 0.166.